The molecule has 0 spiro atoms. The zero-order valence-electron chi connectivity index (χ0n) is 11.7. The number of amides is 1. The Balaban J connectivity index is 1.53. The highest BCUT2D eigenvalue weighted by Crippen LogP contribution is 2.30. The highest BCUT2D eigenvalue weighted by molar-refractivity contribution is 8.00. The van der Waals surface area contributed by atoms with E-state index in [1.54, 1.807) is 18.2 Å². The van der Waals surface area contributed by atoms with Crippen molar-refractivity contribution in [1.82, 2.24) is 10.4 Å². The third kappa shape index (κ3) is 4.29. The Morgan fingerprint density at radius 3 is 2.70 bits per heavy atom. The van der Waals surface area contributed by atoms with E-state index in [4.69, 9.17) is 23.2 Å². The van der Waals surface area contributed by atoms with Crippen molar-refractivity contribution in [2.75, 3.05) is 11.2 Å². The van der Waals surface area contributed by atoms with Crippen molar-refractivity contribution < 1.29 is 4.79 Å². The third-order valence-corrected chi connectivity index (χ3v) is 5.37. The summed E-state index contributed by atoms with van der Waals surface area (Å²) in [5.41, 5.74) is 6.18. The Bertz CT molecular complexity index is 836. The SMILES string of the molecule is O=C(CSc1ccc(Cl)cc1)NNc1nc2c(Cl)cccc2s1. The van der Waals surface area contributed by atoms with Gasteiger partial charge in [0.15, 0.2) is 0 Å². The third-order valence-electron chi connectivity index (χ3n) is 2.86. The smallest absolute Gasteiger partial charge is 0.248 e. The molecular weight excluding hydrogens is 373 g/mol. The van der Waals surface area contributed by atoms with Crippen molar-refractivity contribution >= 4 is 67.6 Å². The van der Waals surface area contributed by atoms with Crippen molar-refractivity contribution in [1.29, 1.82) is 0 Å². The van der Waals surface area contributed by atoms with E-state index in [0.29, 0.717) is 20.9 Å². The number of aromatic nitrogens is 1. The monoisotopic (exact) mass is 383 g/mol. The van der Waals surface area contributed by atoms with Gasteiger partial charge in [0.05, 0.1) is 15.5 Å². The summed E-state index contributed by atoms with van der Waals surface area (Å²) in [4.78, 5) is 17.2. The van der Waals surface area contributed by atoms with E-state index < -0.39 is 0 Å². The van der Waals surface area contributed by atoms with E-state index in [9.17, 15) is 4.79 Å². The van der Waals surface area contributed by atoms with Crippen molar-refractivity contribution in [2.24, 2.45) is 0 Å². The van der Waals surface area contributed by atoms with Crippen LogP contribution in [0.15, 0.2) is 47.4 Å². The summed E-state index contributed by atoms with van der Waals surface area (Å²) < 4.78 is 0.963. The molecule has 0 unspecified atom stereocenters. The number of carbonyl (C=O) groups is 1. The molecule has 2 aromatic carbocycles. The molecule has 0 atom stereocenters. The summed E-state index contributed by atoms with van der Waals surface area (Å²) in [7, 11) is 0. The first kappa shape index (κ1) is 16.4. The summed E-state index contributed by atoms with van der Waals surface area (Å²) in [6, 6.07) is 12.9. The summed E-state index contributed by atoms with van der Waals surface area (Å²) in [6.45, 7) is 0. The first-order valence-electron chi connectivity index (χ1n) is 6.60. The second-order valence-electron chi connectivity index (χ2n) is 4.52. The number of anilines is 1. The summed E-state index contributed by atoms with van der Waals surface area (Å²) >= 11 is 14.8. The van der Waals surface area contributed by atoms with Gasteiger partial charge in [0, 0.05) is 9.92 Å². The van der Waals surface area contributed by atoms with E-state index >= 15 is 0 Å². The highest BCUT2D eigenvalue weighted by atomic mass is 35.5. The Morgan fingerprint density at radius 1 is 1.17 bits per heavy atom. The molecule has 0 aliphatic rings. The zero-order chi connectivity index (χ0) is 16.2. The molecule has 4 nitrogen and oxygen atoms in total. The van der Waals surface area contributed by atoms with Crippen molar-refractivity contribution in [3.63, 3.8) is 0 Å². The molecule has 0 aliphatic heterocycles. The van der Waals surface area contributed by atoms with E-state index in [-0.39, 0.29) is 5.91 Å². The van der Waals surface area contributed by atoms with Gasteiger partial charge in [0.2, 0.25) is 11.0 Å². The second-order valence-corrected chi connectivity index (χ2v) is 7.44. The van der Waals surface area contributed by atoms with Crippen LogP contribution in [0.4, 0.5) is 5.13 Å². The quantitative estimate of drug-likeness (QED) is 0.488. The zero-order valence-corrected chi connectivity index (χ0v) is 14.8. The minimum atomic E-state index is -0.143. The molecular formula is C15H11Cl2N3OS2. The van der Waals surface area contributed by atoms with Crippen molar-refractivity contribution in [3.8, 4) is 0 Å². The first-order valence-corrected chi connectivity index (χ1v) is 9.16. The van der Waals surface area contributed by atoms with Crippen LogP contribution in [0.3, 0.4) is 0 Å². The Labute approximate surface area is 151 Å². The van der Waals surface area contributed by atoms with Gasteiger partial charge in [-0.2, -0.15) is 0 Å². The predicted octanol–water partition coefficient (Wildman–Crippen LogP) is 4.84. The van der Waals surface area contributed by atoms with E-state index in [2.05, 4.69) is 15.8 Å². The van der Waals surface area contributed by atoms with Crippen LogP contribution in [0.1, 0.15) is 0 Å². The van der Waals surface area contributed by atoms with Gasteiger partial charge in [-0.1, -0.05) is 40.6 Å². The molecule has 23 heavy (non-hydrogen) atoms. The average molecular weight is 384 g/mol. The van der Waals surface area contributed by atoms with Crippen LogP contribution >= 0.6 is 46.3 Å². The molecule has 3 aromatic rings. The van der Waals surface area contributed by atoms with Crippen LogP contribution < -0.4 is 10.9 Å². The van der Waals surface area contributed by atoms with Crippen LogP contribution in [-0.4, -0.2) is 16.6 Å². The van der Waals surface area contributed by atoms with Crippen LogP contribution in [0.5, 0.6) is 0 Å². The van der Waals surface area contributed by atoms with Gasteiger partial charge < -0.3 is 0 Å². The lowest BCUT2D eigenvalue weighted by atomic mass is 10.3. The van der Waals surface area contributed by atoms with Crippen molar-refractivity contribution in [2.45, 2.75) is 4.90 Å². The fraction of sp³-hybridized carbons (Fsp3) is 0.0667. The lowest BCUT2D eigenvalue weighted by Crippen LogP contribution is -2.30. The largest absolute Gasteiger partial charge is 0.273 e. The molecule has 1 heterocycles. The van der Waals surface area contributed by atoms with Gasteiger partial charge in [-0.3, -0.25) is 15.6 Å². The van der Waals surface area contributed by atoms with Crippen molar-refractivity contribution in [3.05, 3.63) is 52.5 Å². The molecule has 8 heteroatoms. The van der Waals surface area contributed by atoms with Gasteiger partial charge in [0.25, 0.3) is 0 Å². The standard InChI is InChI=1S/C15H11Cl2N3OS2/c16-9-4-6-10(7-5-9)22-8-13(21)19-20-15-18-14-11(17)2-1-3-12(14)23-15/h1-7H,8H2,(H,18,20)(H,19,21). The highest BCUT2D eigenvalue weighted by Gasteiger charge is 2.08. The second kappa shape index (κ2) is 7.40. The lowest BCUT2D eigenvalue weighted by Gasteiger charge is -2.05. The lowest BCUT2D eigenvalue weighted by molar-refractivity contribution is -0.118. The number of nitrogens with zero attached hydrogens (tertiary/aromatic N) is 1. The van der Waals surface area contributed by atoms with Gasteiger partial charge in [-0.25, -0.2) is 4.98 Å². The Hall–Kier alpha value is -1.47. The van der Waals surface area contributed by atoms with Gasteiger partial charge in [0.1, 0.15) is 5.52 Å². The predicted molar refractivity (Wildman–Crippen MR) is 98.6 cm³/mol. The number of thiazole rings is 1. The number of hydrogen-bond acceptors (Lipinski definition) is 5. The normalized spacial score (nSPS) is 10.7. The van der Waals surface area contributed by atoms with Crippen LogP contribution in [-0.2, 0) is 4.79 Å². The number of benzene rings is 2. The minimum Gasteiger partial charge on any atom is -0.273 e. The number of thioether (sulfide) groups is 1. The van der Waals surface area contributed by atoms with Crippen LogP contribution in [0, 0.1) is 0 Å². The number of rotatable bonds is 5. The van der Waals surface area contributed by atoms with Gasteiger partial charge in [-0.05, 0) is 36.4 Å². The topological polar surface area (TPSA) is 54.0 Å². The van der Waals surface area contributed by atoms with E-state index in [1.165, 1.54) is 23.1 Å². The number of carbonyl (C=O) groups excluding carboxylic acids is 1. The van der Waals surface area contributed by atoms with Crippen LogP contribution in [0.2, 0.25) is 10.0 Å². The fourth-order valence-corrected chi connectivity index (χ4v) is 3.75. The molecule has 0 aliphatic carbocycles. The molecule has 0 bridgehead atoms. The molecule has 0 fully saturated rings. The maximum Gasteiger partial charge on any atom is 0.248 e. The number of hydrazine groups is 1. The molecule has 3 rings (SSSR count). The van der Waals surface area contributed by atoms with E-state index in [0.717, 1.165) is 15.1 Å². The van der Waals surface area contributed by atoms with E-state index in [1.807, 2.05) is 24.3 Å². The first-order chi connectivity index (χ1) is 11.1. The summed E-state index contributed by atoms with van der Waals surface area (Å²) in [6.07, 6.45) is 0. The molecule has 118 valence electrons. The average Bonchev–Trinajstić information content (AvgIpc) is 2.97. The molecule has 0 saturated heterocycles. The van der Waals surface area contributed by atoms with Crippen LogP contribution in [0.25, 0.3) is 10.2 Å². The maximum atomic E-state index is 11.9. The Kier molecular flexibility index (Phi) is 5.27. The molecule has 0 radical (unpaired) electrons. The number of hydrogen-bond donors (Lipinski definition) is 2. The summed E-state index contributed by atoms with van der Waals surface area (Å²) in [5, 5.41) is 1.87. The number of para-hydroxylation sites is 1. The number of halogens is 2. The number of nitrogens with one attached hydrogen (secondary N) is 2. The molecule has 0 saturated carbocycles. The maximum absolute atomic E-state index is 11.9. The number of fused-ring (bicyclic) bond motifs is 1. The van der Waals surface area contributed by atoms with Gasteiger partial charge >= 0.3 is 0 Å². The molecule has 1 aromatic heterocycles. The summed E-state index contributed by atoms with van der Waals surface area (Å²) in [5.74, 6) is 0.149. The minimum absolute atomic E-state index is 0.143. The Morgan fingerprint density at radius 2 is 1.96 bits per heavy atom. The van der Waals surface area contributed by atoms with Gasteiger partial charge in [-0.15, -0.1) is 11.8 Å². The molecule has 1 amide bonds. The molecule has 2 N–H and O–H groups in total. The fourth-order valence-electron chi connectivity index (χ4n) is 1.81.